The average molecular weight is 591 g/mol. The van der Waals surface area contributed by atoms with Gasteiger partial charge in [-0.25, -0.2) is 0 Å². The largest absolute Gasteiger partial charge is 0.457 e. The second kappa shape index (κ2) is 10.5. The molecule has 0 atom stereocenters. The maximum Gasteiger partial charge on any atom is 0.416 e. The summed E-state index contributed by atoms with van der Waals surface area (Å²) in [6.07, 6.45) is -4.42. The molecule has 0 radical (unpaired) electrons. The molecule has 8 aromatic rings. The van der Waals surface area contributed by atoms with Crippen molar-refractivity contribution in [3.05, 3.63) is 157 Å². The van der Waals surface area contributed by atoms with Gasteiger partial charge < -0.3 is 4.74 Å². The molecule has 0 aliphatic heterocycles. The quantitative estimate of drug-likeness (QED) is 0.181. The first-order valence-electron chi connectivity index (χ1n) is 14.8. The molecule has 0 aromatic heterocycles. The lowest BCUT2D eigenvalue weighted by Gasteiger charge is -2.21. The molecular weight excluding hydrogens is 565 g/mol. The molecule has 0 unspecified atom stereocenters. The molecule has 0 saturated heterocycles. The van der Waals surface area contributed by atoms with Crippen LogP contribution in [0.2, 0.25) is 0 Å². The minimum Gasteiger partial charge on any atom is -0.457 e. The van der Waals surface area contributed by atoms with Crippen LogP contribution < -0.4 is 4.74 Å². The molecule has 0 N–H and O–H groups in total. The molecule has 0 bridgehead atoms. The molecule has 0 heterocycles. The van der Waals surface area contributed by atoms with Crippen molar-refractivity contribution >= 4 is 32.3 Å². The van der Waals surface area contributed by atoms with Gasteiger partial charge in [0.15, 0.2) is 0 Å². The Labute approximate surface area is 258 Å². The summed E-state index contributed by atoms with van der Waals surface area (Å²) in [7, 11) is 0. The third kappa shape index (κ3) is 4.67. The topological polar surface area (TPSA) is 9.23 Å². The molecule has 0 fully saturated rings. The molecule has 4 heteroatoms. The van der Waals surface area contributed by atoms with Crippen LogP contribution in [0.25, 0.3) is 65.7 Å². The minimum absolute atomic E-state index is 0.340. The van der Waals surface area contributed by atoms with Crippen molar-refractivity contribution in [1.29, 1.82) is 0 Å². The smallest absolute Gasteiger partial charge is 0.416 e. The lowest BCUT2D eigenvalue weighted by Crippen LogP contribution is -2.04. The number of hydrogen-bond donors (Lipinski definition) is 0. The molecule has 0 saturated carbocycles. The van der Waals surface area contributed by atoms with Crippen LogP contribution in [0.5, 0.6) is 11.5 Å². The van der Waals surface area contributed by atoms with Gasteiger partial charge in [-0.15, -0.1) is 0 Å². The highest BCUT2D eigenvalue weighted by molar-refractivity contribution is 6.30. The molecule has 0 amide bonds. The number of rotatable bonds is 5. The van der Waals surface area contributed by atoms with E-state index in [1.165, 1.54) is 12.1 Å². The van der Waals surface area contributed by atoms with Crippen LogP contribution >= 0.6 is 0 Å². The van der Waals surface area contributed by atoms with Gasteiger partial charge in [0.2, 0.25) is 0 Å². The van der Waals surface area contributed by atoms with E-state index < -0.39 is 11.7 Å². The fraction of sp³-hybridized carbons (Fsp3) is 0.0244. The van der Waals surface area contributed by atoms with Gasteiger partial charge in [0.05, 0.1) is 5.56 Å². The molecule has 216 valence electrons. The Morgan fingerprint density at radius 1 is 0.400 bits per heavy atom. The number of hydrogen-bond acceptors (Lipinski definition) is 1. The lowest BCUT2D eigenvalue weighted by molar-refractivity contribution is -0.137. The highest BCUT2D eigenvalue weighted by atomic mass is 19.4. The summed E-state index contributed by atoms with van der Waals surface area (Å²) in [4.78, 5) is 0. The first-order chi connectivity index (χ1) is 22.0. The van der Waals surface area contributed by atoms with Crippen LogP contribution in [0, 0.1) is 0 Å². The first kappa shape index (κ1) is 27.0. The number of halogens is 3. The fourth-order valence-electron chi connectivity index (χ4n) is 6.45. The standard InChI is InChI=1S/C41H25F3O/c42-41(43,44)29-16-18-30(19-17-29)45-38-25-37(28-14-8-3-9-15-28)33-21-20-31-35(26-10-4-1-5-11-26)24-36(27-12-6-2-7-13-27)32-22-23-34(38)40(33)39(31)32/h1-25H. The van der Waals surface area contributed by atoms with E-state index in [1.54, 1.807) is 0 Å². The number of benzene rings is 8. The fourth-order valence-corrected chi connectivity index (χ4v) is 6.45. The van der Waals surface area contributed by atoms with Gasteiger partial charge in [-0.2, -0.15) is 13.2 Å². The normalized spacial score (nSPS) is 11.9. The summed E-state index contributed by atoms with van der Waals surface area (Å²) in [5.41, 5.74) is 5.81. The maximum absolute atomic E-state index is 13.3. The van der Waals surface area contributed by atoms with Crippen molar-refractivity contribution < 1.29 is 17.9 Å². The van der Waals surface area contributed by atoms with E-state index in [9.17, 15) is 13.2 Å². The van der Waals surface area contributed by atoms with Gasteiger partial charge >= 0.3 is 6.18 Å². The molecule has 1 nitrogen and oxygen atoms in total. The Morgan fingerprint density at radius 3 is 1.24 bits per heavy atom. The van der Waals surface area contributed by atoms with Crippen LogP contribution in [0.1, 0.15) is 5.56 Å². The monoisotopic (exact) mass is 590 g/mol. The lowest BCUT2D eigenvalue weighted by atomic mass is 9.84. The maximum atomic E-state index is 13.3. The van der Waals surface area contributed by atoms with E-state index in [-0.39, 0.29) is 0 Å². The van der Waals surface area contributed by atoms with Gasteiger partial charge in [0.1, 0.15) is 11.5 Å². The molecule has 45 heavy (non-hydrogen) atoms. The van der Waals surface area contributed by atoms with Gasteiger partial charge in [0.25, 0.3) is 0 Å². The zero-order valence-corrected chi connectivity index (χ0v) is 24.0. The van der Waals surface area contributed by atoms with Crippen LogP contribution in [-0.2, 0) is 6.18 Å². The third-order valence-electron chi connectivity index (χ3n) is 8.52. The van der Waals surface area contributed by atoms with Crippen LogP contribution in [0.4, 0.5) is 13.2 Å². The molecule has 0 aliphatic rings. The van der Waals surface area contributed by atoms with E-state index >= 15 is 0 Å². The number of ether oxygens (including phenoxy) is 1. The summed E-state index contributed by atoms with van der Waals surface area (Å²) in [5, 5.41) is 6.41. The summed E-state index contributed by atoms with van der Waals surface area (Å²) >= 11 is 0. The third-order valence-corrected chi connectivity index (χ3v) is 8.52. The van der Waals surface area contributed by atoms with E-state index in [4.69, 9.17) is 4.74 Å². The second-order valence-corrected chi connectivity index (χ2v) is 11.2. The van der Waals surface area contributed by atoms with E-state index in [2.05, 4.69) is 91.0 Å². The van der Waals surface area contributed by atoms with Crippen molar-refractivity contribution in [2.24, 2.45) is 0 Å². The Morgan fingerprint density at radius 2 is 0.800 bits per heavy atom. The molecule has 8 aromatic carbocycles. The van der Waals surface area contributed by atoms with Crippen molar-refractivity contribution in [3.8, 4) is 44.9 Å². The summed E-state index contributed by atoms with van der Waals surface area (Å²) < 4.78 is 46.3. The SMILES string of the molecule is FC(F)(F)c1ccc(Oc2cc(-c3ccccc3)c3ccc4c(-c5ccccc5)cc(-c5ccccc5)c5ccc2c3c54)cc1. The van der Waals surface area contributed by atoms with Gasteiger partial charge in [0, 0.05) is 10.8 Å². The van der Waals surface area contributed by atoms with Crippen LogP contribution in [0.3, 0.4) is 0 Å². The summed E-state index contributed by atoms with van der Waals surface area (Å²) in [6, 6.07) is 48.7. The Kier molecular flexibility index (Phi) is 6.31. The van der Waals surface area contributed by atoms with Gasteiger partial charge in [-0.05, 0) is 97.4 Å². The van der Waals surface area contributed by atoms with E-state index in [0.29, 0.717) is 11.5 Å². The zero-order valence-electron chi connectivity index (χ0n) is 24.0. The van der Waals surface area contributed by atoms with E-state index in [1.807, 2.05) is 36.4 Å². The Bertz CT molecular complexity index is 2230. The molecule has 0 aliphatic carbocycles. The first-order valence-corrected chi connectivity index (χ1v) is 14.8. The predicted molar refractivity (Wildman–Crippen MR) is 178 cm³/mol. The van der Waals surface area contributed by atoms with Crippen LogP contribution in [-0.4, -0.2) is 0 Å². The average Bonchev–Trinajstić information content (AvgIpc) is 3.08. The second-order valence-electron chi connectivity index (χ2n) is 11.2. The van der Waals surface area contributed by atoms with Gasteiger partial charge in [-0.1, -0.05) is 109 Å². The van der Waals surface area contributed by atoms with Crippen molar-refractivity contribution in [3.63, 3.8) is 0 Å². The summed E-state index contributed by atoms with van der Waals surface area (Å²) in [5.74, 6) is 0.925. The Balaban J connectivity index is 1.46. The number of alkyl halides is 3. The molecule has 8 rings (SSSR count). The van der Waals surface area contributed by atoms with Gasteiger partial charge in [-0.3, -0.25) is 0 Å². The van der Waals surface area contributed by atoms with Crippen molar-refractivity contribution in [2.45, 2.75) is 6.18 Å². The molecular formula is C41H25F3O. The summed E-state index contributed by atoms with van der Waals surface area (Å²) in [6.45, 7) is 0. The van der Waals surface area contributed by atoms with Crippen molar-refractivity contribution in [1.82, 2.24) is 0 Å². The van der Waals surface area contributed by atoms with Crippen LogP contribution in [0.15, 0.2) is 152 Å². The highest BCUT2D eigenvalue weighted by Crippen LogP contribution is 2.49. The Hall–Kier alpha value is -5.61. The highest BCUT2D eigenvalue weighted by Gasteiger charge is 2.30. The van der Waals surface area contributed by atoms with Crippen molar-refractivity contribution in [2.75, 3.05) is 0 Å². The zero-order chi connectivity index (χ0) is 30.5. The predicted octanol–water partition coefficient (Wildman–Crippen LogP) is 12.4. The van der Waals surface area contributed by atoms with E-state index in [0.717, 1.165) is 77.8 Å². The minimum atomic E-state index is -4.42. The molecule has 0 spiro atoms.